The van der Waals surface area contributed by atoms with Gasteiger partial charge >= 0.3 is 5.97 Å². The van der Waals surface area contributed by atoms with Crippen LogP contribution in [0.25, 0.3) is 0 Å². The van der Waals surface area contributed by atoms with Crippen LogP contribution in [0.15, 0.2) is 18.2 Å². The zero-order valence-corrected chi connectivity index (χ0v) is 7.86. The predicted molar refractivity (Wildman–Crippen MR) is 50.9 cm³/mol. The Morgan fingerprint density at radius 3 is 2.46 bits per heavy atom. The molecular weight excluding hydrogens is 213 g/mol. The summed E-state index contributed by atoms with van der Waals surface area (Å²) in [6.45, 7) is 0. The average molecular weight is 218 g/mol. The van der Waals surface area contributed by atoms with Gasteiger partial charge in [0.1, 0.15) is 5.71 Å². The molecule has 0 aliphatic heterocycles. The normalized spacial score (nSPS) is 9.69. The summed E-state index contributed by atoms with van der Waals surface area (Å²) in [5, 5.41) is 16.3. The molecule has 1 aromatic carbocycles. The summed E-state index contributed by atoms with van der Waals surface area (Å²) in [5.74, 6) is -1.32. The number of carboxylic acids is 1. The van der Waals surface area contributed by atoms with Gasteiger partial charge in [-0.2, -0.15) is 0 Å². The lowest BCUT2D eigenvalue weighted by Gasteiger charge is -2.01. The Hall–Kier alpha value is -1.06. The maximum atomic E-state index is 10.4. The lowest BCUT2D eigenvalue weighted by molar-refractivity contribution is -0.129. The van der Waals surface area contributed by atoms with Crippen molar-refractivity contribution in [3.05, 3.63) is 33.8 Å². The summed E-state index contributed by atoms with van der Waals surface area (Å²) >= 11 is 11.3. The van der Waals surface area contributed by atoms with Crippen LogP contribution in [0.4, 0.5) is 0 Å². The third-order valence-electron chi connectivity index (χ3n) is 1.41. The van der Waals surface area contributed by atoms with Crippen molar-refractivity contribution < 1.29 is 9.90 Å². The minimum Gasteiger partial charge on any atom is -0.477 e. The van der Waals surface area contributed by atoms with E-state index in [-0.39, 0.29) is 10.6 Å². The Bertz CT molecular complexity index is 376. The van der Waals surface area contributed by atoms with E-state index in [1.807, 2.05) is 0 Å². The van der Waals surface area contributed by atoms with Gasteiger partial charge < -0.3 is 5.11 Å². The summed E-state index contributed by atoms with van der Waals surface area (Å²) in [4.78, 5) is 10.4. The van der Waals surface area contributed by atoms with Crippen LogP contribution in [-0.2, 0) is 4.79 Å². The minimum absolute atomic E-state index is 0.165. The highest BCUT2D eigenvalue weighted by molar-refractivity contribution is 6.46. The summed E-state index contributed by atoms with van der Waals surface area (Å²) in [5.41, 5.74) is -0.375. The van der Waals surface area contributed by atoms with Crippen molar-refractivity contribution in [2.24, 2.45) is 0 Å². The van der Waals surface area contributed by atoms with Crippen LogP contribution < -0.4 is 0 Å². The van der Waals surface area contributed by atoms with Crippen molar-refractivity contribution in [3.63, 3.8) is 0 Å². The molecule has 3 nitrogen and oxygen atoms in total. The van der Waals surface area contributed by atoms with Gasteiger partial charge in [-0.25, -0.2) is 4.79 Å². The Morgan fingerprint density at radius 1 is 1.38 bits per heavy atom. The zero-order valence-electron chi connectivity index (χ0n) is 6.34. The lowest BCUT2D eigenvalue weighted by atomic mass is 10.1. The van der Waals surface area contributed by atoms with Crippen LogP contribution in [0, 0.1) is 5.41 Å². The fraction of sp³-hybridized carbons (Fsp3) is 0. The molecule has 1 rings (SSSR count). The Balaban J connectivity index is 3.16. The minimum atomic E-state index is -1.32. The van der Waals surface area contributed by atoms with Crippen LogP contribution in [0.5, 0.6) is 0 Å². The smallest absolute Gasteiger partial charge is 0.354 e. The van der Waals surface area contributed by atoms with Gasteiger partial charge in [0.05, 0.1) is 5.02 Å². The van der Waals surface area contributed by atoms with Gasteiger partial charge in [-0.15, -0.1) is 0 Å². The van der Waals surface area contributed by atoms with Crippen LogP contribution in [0.3, 0.4) is 0 Å². The summed E-state index contributed by atoms with van der Waals surface area (Å²) < 4.78 is 0. The van der Waals surface area contributed by atoms with Crippen molar-refractivity contribution in [2.45, 2.75) is 0 Å². The first-order valence-electron chi connectivity index (χ1n) is 3.29. The molecule has 0 atom stereocenters. The van der Waals surface area contributed by atoms with Crippen molar-refractivity contribution in [2.75, 3.05) is 0 Å². The number of carbonyl (C=O) groups is 1. The molecule has 1 aromatic rings. The van der Waals surface area contributed by atoms with E-state index >= 15 is 0 Å². The SMILES string of the molecule is N=C(C(=O)O)c1ccc(Cl)cc1Cl. The molecule has 0 bridgehead atoms. The van der Waals surface area contributed by atoms with Crippen molar-refractivity contribution >= 4 is 34.9 Å². The number of aliphatic carboxylic acids is 1. The number of nitrogens with one attached hydrogen (secondary N) is 1. The van der Waals surface area contributed by atoms with E-state index in [4.69, 9.17) is 33.7 Å². The number of hydrogen-bond acceptors (Lipinski definition) is 2. The van der Waals surface area contributed by atoms with E-state index in [1.165, 1.54) is 18.2 Å². The lowest BCUT2D eigenvalue weighted by Crippen LogP contribution is -2.13. The number of benzene rings is 1. The number of rotatable bonds is 2. The molecule has 0 radical (unpaired) electrons. The fourth-order valence-corrected chi connectivity index (χ4v) is 1.31. The highest BCUT2D eigenvalue weighted by Crippen LogP contribution is 2.21. The quantitative estimate of drug-likeness (QED) is 0.748. The third kappa shape index (κ3) is 2.20. The summed E-state index contributed by atoms with van der Waals surface area (Å²) in [6.07, 6.45) is 0. The average Bonchev–Trinajstić information content (AvgIpc) is 2.03. The van der Waals surface area contributed by atoms with Gasteiger partial charge in [0.2, 0.25) is 0 Å². The number of halogens is 2. The molecule has 68 valence electrons. The molecule has 13 heavy (non-hydrogen) atoms. The second-order valence-corrected chi connectivity index (χ2v) is 3.15. The van der Waals surface area contributed by atoms with Gasteiger partial charge in [0.15, 0.2) is 0 Å². The first-order chi connectivity index (χ1) is 6.02. The van der Waals surface area contributed by atoms with Crippen molar-refractivity contribution in [3.8, 4) is 0 Å². The molecule has 0 spiro atoms. The van der Waals surface area contributed by atoms with Gasteiger partial charge in [-0.1, -0.05) is 23.2 Å². The van der Waals surface area contributed by atoms with E-state index in [2.05, 4.69) is 0 Å². The van der Waals surface area contributed by atoms with E-state index in [0.717, 1.165) is 0 Å². The van der Waals surface area contributed by atoms with Crippen LogP contribution in [0.2, 0.25) is 10.0 Å². The largest absolute Gasteiger partial charge is 0.477 e. The molecule has 0 aliphatic carbocycles. The first-order valence-corrected chi connectivity index (χ1v) is 4.05. The van der Waals surface area contributed by atoms with Crippen molar-refractivity contribution in [1.29, 1.82) is 5.41 Å². The number of carboxylic acid groups (broad SMARTS) is 1. The molecule has 0 aromatic heterocycles. The van der Waals surface area contributed by atoms with Gasteiger partial charge in [0.25, 0.3) is 0 Å². The Kier molecular flexibility index (Phi) is 2.90. The van der Waals surface area contributed by atoms with E-state index < -0.39 is 11.7 Å². The monoisotopic (exact) mass is 217 g/mol. The fourth-order valence-electron chi connectivity index (χ4n) is 0.807. The molecule has 0 heterocycles. The maximum Gasteiger partial charge on any atom is 0.354 e. The second kappa shape index (κ2) is 3.77. The Labute approximate surface area is 84.4 Å². The van der Waals surface area contributed by atoms with Crippen molar-refractivity contribution in [1.82, 2.24) is 0 Å². The summed E-state index contributed by atoms with van der Waals surface area (Å²) in [7, 11) is 0. The van der Waals surface area contributed by atoms with Crippen LogP contribution >= 0.6 is 23.2 Å². The molecule has 0 amide bonds. The van der Waals surface area contributed by atoms with Gasteiger partial charge in [-0.05, 0) is 18.2 Å². The van der Waals surface area contributed by atoms with E-state index in [9.17, 15) is 4.79 Å². The zero-order chi connectivity index (χ0) is 10.0. The highest BCUT2D eigenvalue weighted by atomic mass is 35.5. The van der Waals surface area contributed by atoms with Gasteiger partial charge in [0, 0.05) is 10.6 Å². The molecule has 0 saturated carbocycles. The molecule has 5 heteroatoms. The highest BCUT2D eigenvalue weighted by Gasteiger charge is 2.13. The predicted octanol–water partition coefficient (Wildman–Crippen LogP) is 2.45. The third-order valence-corrected chi connectivity index (χ3v) is 1.96. The molecule has 0 saturated heterocycles. The standard InChI is InChI=1S/C8H5Cl2NO2/c9-4-1-2-5(6(10)3-4)7(11)8(12)13/h1-3,11H,(H,12,13). The molecule has 0 fully saturated rings. The van der Waals surface area contributed by atoms with Crippen LogP contribution in [0.1, 0.15) is 5.56 Å². The number of hydrogen-bond donors (Lipinski definition) is 2. The van der Waals surface area contributed by atoms with E-state index in [0.29, 0.717) is 5.02 Å². The van der Waals surface area contributed by atoms with E-state index in [1.54, 1.807) is 0 Å². The Morgan fingerprint density at radius 2 is 2.00 bits per heavy atom. The molecule has 0 aliphatic rings. The topological polar surface area (TPSA) is 61.2 Å². The second-order valence-electron chi connectivity index (χ2n) is 2.30. The maximum absolute atomic E-state index is 10.4. The molecule has 2 N–H and O–H groups in total. The first kappa shape index (κ1) is 10.0. The summed E-state index contributed by atoms with van der Waals surface area (Å²) in [6, 6.07) is 4.29. The van der Waals surface area contributed by atoms with Gasteiger partial charge in [-0.3, -0.25) is 5.41 Å². The molecule has 0 unspecified atom stereocenters. The molecular formula is C8H5Cl2NO2. The van der Waals surface area contributed by atoms with Crippen LogP contribution in [-0.4, -0.2) is 16.8 Å².